The molecule has 1 aliphatic heterocycles. The first-order valence-electron chi connectivity index (χ1n) is 8.77. The standard InChI is InChI=1S/C20H21ClN2O4S/c1-13(2)23-28(25,26)18-5-3-4-14(8-18)11-22-20(24)16-9-15-10-17(21)6-7-19(15)27-12-16/h3-10,13,23H,11-12H2,1-2H3,(H,22,24). The molecule has 0 saturated heterocycles. The van der Waals surface area contributed by atoms with E-state index < -0.39 is 10.0 Å². The largest absolute Gasteiger partial charge is 0.488 e. The number of ether oxygens (including phenoxy) is 1. The van der Waals surface area contributed by atoms with Gasteiger partial charge in [-0.25, -0.2) is 13.1 Å². The third kappa shape index (κ3) is 4.92. The zero-order chi connectivity index (χ0) is 20.3. The van der Waals surface area contributed by atoms with Gasteiger partial charge in [0.2, 0.25) is 10.0 Å². The number of nitrogens with one attached hydrogen (secondary N) is 2. The second kappa shape index (κ2) is 8.34. The minimum absolute atomic E-state index is 0.160. The molecule has 0 aromatic heterocycles. The molecule has 0 saturated carbocycles. The van der Waals surface area contributed by atoms with Gasteiger partial charge in [0.25, 0.3) is 5.91 Å². The minimum Gasteiger partial charge on any atom is -0.488 e. The van der Waals surface area contributed by atoms with E-state index in [-0.39, 0.29) is 30.0 Å². The average molecular weight is 421 g/mol. The van der Waals surface area contributed by atoms with Crippen LogP contribution in [0.5, 0.6) is 5.75 Å². The Morgan fingerprint density at radius 1 is 1.21 bits per heavy atom. The number of hydrogen-bond donors (Lipinski definition) is 2. The van der Waals surface area contributed by atoms with Gasteiger partial charge in [0.1, 0.15) is 12.4 Å². The first-order chi connectivity index (χ1) is 13.2. The molecule has 0 fully saturated rings. The fourth-order valence-electron chi connectivity index (χ4n) is 2.78. The zero-order valence-electron chi connectivity index (χ0n) is 15.5. The van der Waals surface area contributed by atoms with Crippen molar-refractivity contribution in [2.75, 3.05) is 6.61 Å². The number of carbonyl (C=O) groups is 1. The first kappa shape index (κ1) is 20.4. The molecular formula is C20H21ClN2O4S. The van der Waals surface area contributed by atoms with Crippen LogP contribution in [0.2, 0.25) is 5.02 Å². The molecule has 3 rings (SSSR count). The number of halogens is 1. The number of amides is 1. The second-order valence-corrected chi connectivity index (χ2v) is 8.90. The second-order valence-electron chi connectivity index (χ2n) is 6.75. The van der Waals surface area contributed by atoms with Crippen molar-refractivity contribution in [3.05, 3.63) is 64.2 Å². The van der Waals surface area contributed by atoms with E-state index in [1.807, 2.05) is 0 Å². The maximum atomic E-state index is 12.5. The summed E-state index contributed by atoms with van der Waals surface area (Å²) in [7, 11) is -3.59. The van der Waals surface area contributed by atoms with Crippen LogP contribution in [0, 0.1) is 0 Å². The lowest BCUT2D eigenvalue weighted by molar-refractivity contribution is -0.117. The van der Waals surface area contributed by atoms with Gasteiger partial charge in [-0.05, 0) is 55.8 Å². The van der Waals surface area contributed by atoms with Crippen molar-refractivity contribution in [2.24, 2.45) is 0 Å². The van der Waals surface area contributed by atoms with E-state index in [1.54, 1.807) is 56.3 Å². The van der Waals surface area contributed by atoms with Crippen molar-refractivity contribution in [1.82, 2.24) is 10.0 Å². The number of benzene rings is 2. The smallest absolute Gasteiger partial charge is 0.250 e. The molecule has 2 aromatic carbocycles. The van der Waals surface area contributed by atoms with Crippen LogP contribution in [0.3, 0.4) is 0 Å². The first-order valence-corrected chi connectivity index (χ1v) is 10.6. The summed E-state index contributed by atoms with van der Waals surface area (Å²) in [5.74, 6) is 0.399. The molecule has 1 amide bonds. The fourth-order valence-corrected chi connectivity index (χ4v) is 4.28. The summed E-state index contributed by atoms with van der Waals surface area (Å²) in [6.07, 6.45) is 1.74. The third-order valence-corrected chi connectivity index (χ3v) is 5.92. The molecule has 0 atom stereocenters. The lowest BCUT2D eigenvalue weighted by atomic mass is 10.1. The molecule has 6 nitrogen and oxygen atoms in total. The van der Waals surface area contributed by atoms with Crippen LogP contribution >= 0.6 is 11.6 Å². The molecule has 8 heteroatoms. The molecule has 2 aromatic rings. The summed E-state index contributed by atoms with van der Waals surface area (Å²) < 4.78 is 32.7. The Balaban J connectivity index is 1.69. The highest BCUT2D eigenvalue weighted by Gasteiger charge is 2.18. The summed E-state index contributed by atoms with van der Waals surface area (Å²) in [6.45, 7) is 3.87. The van der Waals surface area contributed by atoms with Gasteiger partial charge >= 0.3 is 0 Å². The summed E-state index contributed by atoms with van der Waals surface area (Å²) in [6, 6.07) is 11.5. The van der Waals surface area contributed by atoms with Crippen molar-refractivity contribution >= 4 is 33.6 Å². The number of carbonyl (C=O) groups excluding carboxylic acids is 1. The van der Waals surface area contributed by atoms with Crippen molar-refractivity contribution in [3.63, 3.8) is 0 Å². The Kier molecular flexibility index (Phi) is 6.07. The van der Waals surface area contributed by atoms with Gasteiger partial charge in [0, 0.05) is 23.2 Å². The Morgan fingerprint density at radius 3 is 2.75 bits per heavy atom. The predicted molar refractivity (Wildman–Crippen MR) is 109 cm³/mol. The highest BCUT2D eigenvalue weighted by Crippen LogP contribution is 2.29. The van der Waals surface area contributed by atoms with Crippen LogP contribution < -0.4 is 14.8 Å². The summed E-state index contributed by atoms with van der Waals surface area (Å²) in [4.78, 5) is 12.6. The Hall–Kier alpha value is -2.35. The van der Waals surface area contributed by atoms with Gasteiger partial charge < -0.3 is 10.1 Å². The Morgan fingerprint density at radius 2 is 2.00 bits per heavy atom. The number of sulfonamides is 1. The van der Waals surface area contributed by atoms with Gasteiger partial charge in [-0.2, -0.15) is 0 Å². The van der Waals surface area contributed by atoms with E-state index in [0.29, 0.717) is 21.9 Å². The molecular weight excluding hydrogens is 400 g/mol. The monoisotopic (exact) mass is 420 g/mol. The van der Waals surface area contributed by atoms with E-state index in [0.717, 1.165) is 5.56 Å². The predicted octanol–water partition coefficient (Wildman–Crippen LogP) is 3.12. The van der Waals surface area contributed by atoms with Crippen molar-refractivity contribution in [2.45, 2.75) is 31.3 Å². The highest BCUT2D eigenvalue weighted by molar-refractivity contribution is 7.89. The fraction of sp³-hybridized carbons (Fsp3) is 0.250. The topological polar surface area (TPSA) is 84.5 Å². The summed E-state index contributed by atoms with van der Waals surface area (Å²) in [5.41, 5.74) is 1.90. The normalized spacial score (nSPS) is 13.5. The lowest BCUT2D eigenvalue weighted by Crippen LogP contribution is -2.30. The van der Waals surface area contributed by atoms with Crippen LogP contribution in [0.4, 0.5) is 0 Å². The summed E-state index contributed by atoms with van der Waals surface area (Å²) >= 11 is 5.99. The summed E-state index contributed by atoms with van der Waals surface area (Å²) in [5, 5.41) is 3.36. The number of rotatable bonds is 6. The van der Waals surface area contributed by atoms with E-state index >= 15 is 0 Å². The van der Waals surface area contributed by atoms with Crippen LogP contribution in [-0.2, 0) is 21.4 Å². The van der Waals surface area contributed by atoms with Crippen molar-refractivity contribution < 1.29 is 17.9 Å². The number of fused-ring (bicyclic) bond motifs is 1. The molecule has 0 aliphatic carbocycles. The molecule has 1 aliphatic rings. The number of hydrogen-bond acceptors (Lipinski definition) is 4. The molecule has 2 N–H and O–H groups in total. The van der Waals surface area contributed by atoms with E-state index in [9.17, 15) is 13.2 Å². The van der Waals surface area contributed by atoms with Crippen LogP contribution in [-0.4, -0.2) is 27.0 Å². The van der Waals surface area contributed by atoms with Crippen molar-refractivity contribution in [1.29, 1.82) is 0 Å². The lowest BCUT2D eigenvalue weighted by Gasteiger charge is -2.18. The third-order valence-electron chi connectivity index (χ3n) is 4.03. The van der Waals surface area contributed by atoms with Gasteiger partial charge in [0.15, 0.2) is 0 Å². The van der Waals surface area contributed by atoms with Crippen molar-refractivity contribution in [3.8, 4) is 5.75 Å². The van der Waals surface area contributed by atoms with Gasteiger partial charge in [-0.15, -0.1) is 0 Å². The molecule has 0 bridgehead atoms. The van der Waals surface area contributed by atoms with Gasteiger partial charge in [0.05, 0.1) is 10.5 Å². The molecule has 0 unspecified atom stereocenters. The Labute approximate surface area is 169 Å². The molecule has 1 heterocycles. The highest BCUT2D eigenvalue weighted by atomic mass is 35.5. The maximum absolute atomic E-state index is 12.5. The Bertz CT molecular complexity index is 1030. The maximum Gasteiger partial charge on any atom is 0.250 e. The van der Waals surface area contributed by atoms with E-state index in [1.165, 1.54) is 6.07 Å². The quantitative estimate of drug-likeness (QED) is 0.752. The molecule has 148 valence electrons. The average Bonchev–Trinajstić information content (AvgIpc) is 2.64. The van der Waals surface area contributed by atoms with E-state index in [4.69, 9.17) is 16.3 Å². The zero-order valence-corrected chi connectivity index (χ0v) is 17.1. The SMILES string of the molecule is CC(C)NS(=O)(=O)c1cccc(CNC(=O)C2=Cc3cc(Cl)ccc3OC2)c1. The molecule has 28 heavy (non-hydrogen) atoms. The van der Waals surface area contributed by atoms with Crippen LogP contribution in [0.25, 0.3) is 6.08 Å². The molecule has 0 spiro atoms. The van der Waals surface area contributed by atoms with Crippen LogP contribution in [0.15, 0.2) is 52.9 Å². The van der Waals surface area contributed by atoms with Gasteiger partial charge in [-0.3, -0.25) is 4.79 Å². The molecule has 0 radical (unpaired) electrons. The van der Waals surface area contributed by atoms with E-state index in [2.05, 4.69) is 10.0 Å². The van der Waals surface area contributed by atoms with Gasteiger partial charge in [-0.1, -0.05) is 23.7 Å². The van der Waals surface area contributed by atoms with Crippen LogP contribution in [0.1, 0.15) is 25.0 Å². The minimum atomic E-state index is -3.59.